The van der Waals surface area contributed by atoms with E-state index in [9.17, 15) is 9.18 Å². The van der Waals surface area contributed by atoms with E-state index < -0.39 is 5.82 Å². The van der Waals surface area contributed by atoms with E-state index in [0.717, 1.165) is 51.2 Å². The number of rotatable bonds is 11. The van der Waals surface area contributed by atoms with E-state index in [-0.39, 0.29) is 34.8 Å². The van der Waals surface area contributed by atoms with Crippen molar-refractivity contribution in [1.29, 1.82) is 0 Å². The van der Waals surface area contributed by atoms with Gasteiger partial charge in [-0.1, -0.05) is 0 Å². The molecule has 256 valence electrons. The van der Waals surface area contributed by atoms with Gasteiger partial charge in [-0.2, -0.15) is 0 Å². The van der Waals surface area contributed by atoms with Crippen LogP contribution in [0.3, 0.4) is 0 Å². The van der Waals surface area contributed by atoms with Gasteiger partial charge in [-0.25, -0.2) is 14.4 Å². The van der Waals surface area contributed by atoms with Crippen molar-refractivity contribution in [1.82, 2.24) is 29.7 Å². The summed E-state index contributed by atoms with van der Waals surface area (Å²) in [6.07, 6.45) is 11.8. The summed E-state index contributed by atoms with van der Waals surface area (Å²) in [6, 6.07) is 7.13. The molecule has 3 aromatic rings. The molecule has 11 heteroatoms. The standard InChI is InChI=1S/C37H48FN7O3/c1-6-44(24(2)3)36(46)28-17-25(38)7-10-31(28)48-33-20-39-23-41-35(33)43-21-37(22-43)18-27(19-37)47-32-11-14-40-29-13-16-45-26(12-15-42(4)5)8-9-30(45)34(29)32/h7,10-11,14,17,20,23-24,26-27,30H,6,8-9,12-13,15-16,18-19,21-22H2,1-5H3/t26-,30+/m0/s1. The summed E-state index contributed by atoms with van der Waals surface area (Å²) in [5, 5.41) is 0. The van der Waals surface area contributed by atoms with Crippen LogP contribution in [0.25, 0.3) is 0 Å². The second kappa shape index (κ2) is 13.2. The molecule has 1 aliphatic carbocycles. The van der Waals surface area contributed by atoms with Crippen molar-refractivity contribution in [3.8, 4) is 17.2 Å². The van der Waals surface area contributed by atoms with Crippen molar-refractivity contribution in [2.24, 2.45) is 5.41 Å². The van der Waals surface area contributed by atoms with Crippen molar-refractivity contribution in [3.63, 3.8) is 0 Å². The third-order valence-electron chi connectivity index (χ3n) is 10.8. The lowest BCUT2D eigenvalue weighted by Crippen LogP contribution is -2.65. The van der Waals surface area contributed by atoms with Crippen LogP contribution in [0.4, 0.5) is 10.2 Å². The number of fused-ring (bicyclic) bond motifs is 3. The minimum atomic E-state index is -0.487. The third kappa shape index (κ3) is 6.22. The van der Waals surface area contributed by atoms with E-state index in [2.05, 4.69) is 44.8 Å². The average Bonchev–Trinajstić information content (AvgIpc) is 3.45. The number of aromatic nitrogens is 3. The quantitative estimate of drug-likeness (QED) is 0.257. The van der Waals surface area contributed by atoms with Gasteiger partial charge >= 0.3 is 0 Å². The molecule has 4 aliphatic rings. The molecule has 0 radical (unpaired) electrons. The predicted octanol–water partition coefficient (Wildman–Crippen LogP) is 5.73. The van der Waals surface area contributed by atoms with Crippen LogP contribution in [0.5, 0.6) is 17.2 Å². The van der Waals surface area contributed by atoms with E-state index >= 15 is 0 Å². The van der Waals surface area contributed by atoms with Gasteiger partial charge < -0.3 is 24.2 Å². The lowest BCUT2D eigenvalue weighted by molar-refractivity contribution is -0.0356. The van der Waals surface area contributed by atoms with Crippen molar-refractivity contribution in [2.45, 2.75) is 83.5 Å². The first-order chi connectivity index (χ1) is 23.1. The van der Waals surface area contributed by atoms with Gasteiger partial charge in [0, 0.05) is 67.9 Å². The highest BCUT2D eigenvalue weighted by Gasteiger charge is 2.54. The molecule has 1 amide bonds. The highest BCUT2D eigenvalue weighted by molar-refractivity contribution is 5.97. The van der Waals surface area contributed by atoms with E-state index in [4.69, 9.17) is 14.5 Å². The zero-order valence-electron chi connectivity index (χ0n) is 28.9. The Kier molecular flexibility index (Phi) is 9.02. The first-order valence-electron chi connectivity index (χ1n) is 17.5. The number of halogens is 1. The summed E-state index contributed by atoms with van der Waals surface area (Å²) in [7, 11) is 4.31. The maximum Gasteiger partial charge on any atom is 0.257 e. The van der Waals surface area contributed by atoms with Crippen LogP contribution in [-0.2, 0) is 6.42 Å². The molecule has 1 aromatic carbocycles. The van der Waals surface area contributed by atoms with Crippen molar-refractivity contribution >= 4 is 11.7 Å². The number of nitrogens with zero attached hydrogens (tertiary/aromatic N) is 7. The number of benzene rings is 1. The maximum atomic E-state index is 14.3. The second-order valence-electron chi connectivity index (χ2n) is 14.6. The number of hydrogen-bond donors (Lipinski definition) is 0. The number of amides is 1. The molecule has 2 aromatic heterocycles. The minimum absolute atomic E-state index is 0.0337. The molecule has 48 heavy (non-hydrogen) atoms. The van der Waals surface area contributed by atoms with Crippen LogP contribution >= 0.6 is 0 Å². The third-order valence-corrected chi connectivity index (χ3v) is 10.8. The smallest absolute Gasteiger partial charge is 0.257 e. The van der Waals surface area contributed by atoms with Crippen LogP contribution in [0, 0.1) is 11.2 Å². The van der Waals surface area contributed by atoms with Gasteiger partial charge in [0.2, 0.25) is 0 Å². The zero-order chi connectivity index (χ0) is 33.6. The van der Waals surface area contributed by atoms with Gasteiger partial charge in [-0.3, -0.25) is 14.7 Å². The number of carbonyl (C=O) groups excluding carboxylic acids is 1. The van der Waals surface area contributed by atoms with Gasteiger partial charge in [0.05, 0.1) is 17.5 Å². The zero-order valence-corrected chi connectivity index (χ0v) is 28.9. The summed E-state index contributed by atoms with van der Waals surface area (Å²) in [6.45, 7) is 10.2. The molecule has 5 heterocycles. The van der Waals surface area contributed by atoms with Gasteiger partial charge in [-0.15, -0.1) is 0 Å². The Morgan fingerprint density at radius 1 is 1.10 bits per heavy atom. The number of ether oxygens (including phenoxy) is 2. The van der Waals surface area contributed by atoms with E-state index in [0.29, 0.717) is 30.2 Å². The van der Waals surface area contributed by atoms with Crippen LogP contribution in [0.2, 0.25) is 0 Å². The molecule has 2 saturated heterocycles. The van der Waals surface area contributed by atoms with Gasteiger partial charge in [0.15, 0.2) is 11.6 Å². The summed E-state index contributed by atoms with van der Waals surface area (Å²) < 4.78 is 27.3. The van der Waals surface area contributed by atoms with Crippen LogP contribution < -0.4 is 14.4 Å². The second-order valence-corrected chi connectivity index (χ2v) is 14.6. The number of hydrogen-bond acceptors (Lipinski definition) is 9. The highest BCUT2D eigenvalue weighted by atomic mass is 19.1. The summed E-state index contributed by atoms with van der Waals surface area (Å²) in [4.78, 5) is 35.8. The lowest BCUT2D eigenvalue weighted by Gasteiger charge is -2.59. The number of pyridine rings is 1. The van der Waals surface area contributed by atoms with E-state index in [1.165, 1.54) is 55.0 Å². The monoisotopic (exact) mass is 657 g/mol. The number of carbonyl (C=O) groups is 1. The summed E-state index contributed by atoms with van der Waals surface area (Å²) >= 11 is 0. The molecule has 2 atom stereocenters. The first kappa shape index (κ1) is 32.7. The van der Waals surface area contributed by atoms with Crippen molar-refractivity contribution in [3.05, 3.63) is 65.6 Å². The van der Waals surface area contributed by atoms with Crippen LogP contribution in [0.1, 0.15) is 80.5 Å². The van der Waals surface area contributed by atoms with Crippen LogP contribution in [-0.4, -0.2) is 101 Å². The van der Waals surface area contributed by atoms with E-state index in [1.807, 2.05) is 27.0 Å². The topological polar surface area (TPSA) is 87.2 Å². The molecule has 3 aliphatic heterocycles. The first-order valence-corrected chi connectivity index (χ1v) is 17.5. The molecule has 0 N–H and O–H groups in total. The Hall–Kier alpha value is -3.83. The van der Waals surface area contributed by atoms with Gasteiger partial charge in [0.1, 0.15) is 29.7 Å². The highest BCUT2D eigenvalue weighted by Crippen LogP contribution is 2.53. The Morgan fingerprint density at radius 2 is 1.92 bits per heavy atom. The molecule has 0 bridgehead atoms. The fraction of sp³-hybridized carbons (Fsp3) is 0.568. The SMILES string of the molecule is CCN(C(=O)c1cc(F)ccc1Oc1cncnc1N1CC2(CC(Oc3ccnc4c3[C@H]3CC[C@@H](CCN(C)C)N3CC4)C2)C1)C(C)C. The predicted molar refractivity (Wildman–Crippen MR) is 182 cm³/mol. The summed E-state index contributed by atoms with van der Waals surface area (Å²) in [5.74, 6) is 1.67. The molecule has 10 nitrogen and oxygen atoms in total. The molecule has 1 saturated carbocycles. The fourth-order valence-corrected chi connectivity index (χ4v) is 8.43. The minimum Gasteiger partial charge on any atom is -0.490 e. The molecular formula is C37H48FN7O3. The van der Waals surface area contributed by atoms with Crippen molar-refractivity contribution < 1.29 is 18.7 Å². The van der Waals surface area contributed by atoms with E-state index in [1.54, 1.807) is 11.1 Å². The fourth-order valence-electron chi connectivity index (χ4n) is 8.43. The Bertz CT molecular complexity index is 1640. The summed E-state index contributed by atoms with van der Waals surface area (Å²) in [5.41, 5.74) is 2.89. The van der Waals surface area contributed by atoms with Crippen LogP contribution in [0.15, 0.2) is 43.0 Å². The average molecular weight is 658 g/mol. The van der Waals surface area contributed by atoms with Gasteiger partial charge in [-0.05, 0) is 97.8 Å². The molecule has 0 unspecified atom stereocenters. The largest absolute Gasteiger partial charge is 0.490 e. The lowest BCUT2D eigenvalue weighted by atomic mass is 9.61. The Balaban J connectivity index is 0.999. The molecule has 1 spiro atoms. The molecular weight excluding hydrogens is 609 g/mol. The molecule has 7 rings (SSSR count). The maximum absolute atomic E-state index is 14.3. The Morgan fingerprint density at radius 3 is 2.67 bits per heavy atom. The molecule has 3 fully saturated rings. The Labute approximate surface area is 283 Å². The normalized spacial score (nSPS) is 21.5. The van der Waals surface area contributed by atoms with Gasteiger partial charge in [0.25, 0.3) is 5.91 Å². The number of anilines is 1. The van der Waals surface area contributed by atoms with Crippen molar-refractivity contribution in [2.75, 3.05) is 51.7 Å².